The van der Waals surface area contributed by atoms with Gasteiger partial charge in [0.15, 0.2) is 0 Å². The van der Waals surface area contributed by atoms with Gasteiger partial charge in [-0.15, -0.1) is 0 Å². The van der Waals surface area contributed by atoms with E-state index < -0.39 is 17.6 Å². The van der Waals surface area contributed by atoms with Crippen molar-refractivity contribution in [2.24, 2.45) is 0 Å². The highest BCUT2D eigenvalue weighted by molar-refractivity contribution is 8.03. The van der Waals surface area contributed by atoms with Crippen LogP contribution in [0.3, 0.4) is 0 Å². The van der Waals surface area contributed by atoms with Crippen molar-refractivity contribution in [1.82, 2.24) is 5.32 Å². The second-order valence-electron chi connectivity index (χ2n) is 7.96. The number of carbonyl (C=O) groups is 2. The number of nitrogens with zero attached hydrogens (tertiary/aromatic N) is 1. The van der Waals surface area contributed by atoms with Crippen molar-refractivity contribution >= 4 is 35.0 Å². The summed E-state index contributed by atoms with van der Waals surface area (Å²) in [4.78, 5) is 26.0. The molecule has 10 heteroatoms. The van der Waals surface area contributed by atoms with Gasteiger partial charge in [-0.3, -0.25) is 9.59 Å². The van der Waals surface area contributed by atoms with Crippen LogP contribution < -0.4 is 20.7 Å². The van der Waals surface area contributed by atoms with Crippen molar-refractivity contribution in [1.29, 1.82) is 5.26 Å². The van der Waals surface area contributed by atoms with Crippen molar-refractivity contribution in [3.8, 4) is 11.8 Å². The molecule has 1 aliphatic rings. The van der Waals surface area contributed by atoms with E-state index in [0.717, 1.165) is 11.8 Å². The Morgan fingerprint density at radius 3 is 2.57 bits per heavy atom. The summed E-state index contributed by atoms with van der Waals surface area (Å²) in [6, 6.07) is 18.0. The summed E-state index contributed by atoms with van der Waals surface area (Å²) < 4.78 is 24.1. The third-order valence-electron chi connectivity index (χ3n) is 5.55. The number of para-hydroxylation sites is 2. The van der Waals surface area contributed by atoms with E-state index in [9.17, 15) is 19.2 Å². The molecule has 3 N–H and O–H groups in total. The minimum atomic E-state index is -0.793. The van der Waals surface area contributed by atoms with E-state index in [0.29, 0.717) is 39.2 Å². The summed E-state index contributed by atoms with van der Waals surface area (Å²) in [5, 5.41) is 19.2. The predicted octanol–water partition coefficient (Wildman–Crippen LogP) is 5.13. The van der Waals surface area contributed by atoms with Crippen molar-refractivity contribution < 1.29 is 23.1 Å². The number of amides is 2. The van der Waals surface area contributed by atoms with Crippen LogP contribution in [0, 0.1) is 17.1 Å². The molecule has 2 aromatic carbocycles. The highest BCUT2D eigenvalue weighted by Crippen LogP contribution is 2.41. The van der Waals surface area contributed by atoms with Crippen LogP contribution in [0.4, 0.5) is 15.8 Å². The lowest BCUT2D eigenvalue weighted by Gasteiger charge is -2.28. The van der Waals surface area contributed by atoms with E-state index in [1.165, 1.54) is 37.6 Å². The monoisotopic (exact) mass is 518 g/mol. The van der Waals surface area contributed by atoms with Gasteiger partial charge in [-0.25, -0.2) is 4.39 Å². The number of dihydropyridines is 1. The molecule has 0 radical (unpaired) electrons. The number of methoxy groups -OCH3 is 1. The summed E-state index contributed by atoms with van der Waals surface area (Å²) >= 11 is 1.12. The van der Waals surface area contributed by atoms with Gasteiger partial charge in [-0.05, 0) is 55.5 Å². The van der Waals surface area contributed by atoms with Gasteiger partial charge in [0.05, 0.1) is 53.0 Å². The first-order chi connectivity index (χ1) is 17.9. The number of thioether (sulfide) groups is 1. The molecule has 1 atom stereocenters. The number of allylic oxidation sites excluding steroid dienone is 2. The van der Waals surface area contributed by atoms with E-state index in [-0.39, 0.29) is 17.2 Å². The summed E-state index contributed by atoms with van der Waals surface area (Å²) in [5.41, 5.74) is 1.99. The van der Waals surface area contributed by atoms with Crippen molar-refractivity contribution in [3.05, 3.63) is 100 Å². The SMILES string of the molecule is COc1ccccc1NC(=O)C1=C(C)NC(SCC(=O)Nc2ccc(F)cc2)=C(C#N)[C@@H]1c1ccco1. The van der Waals surface area contributed by atoms with Gasteiger partial charge < -0.3 is 25.1 Å². The Hall–Kier alpha value is -4.49. The molecule has 0 aliphatic carbocycles. The second-order valence-corrected chi connectivity index (χ2v) is 8.95. The molecule has 0 saturated heterocycles. The van der Waals surface area contributed by atoms with Crippen LogP contribution >= 0.6 is 11.8 Å². The zero-order valence-corrected chi connectivity index (χ0v) is 20.8. The highest BCUT2D eigenvalue weighted by Gasteiger charge is 2.36. The standard InChI is InChI=1S/C27H23FN4O4S/c1-16-24(26(34)32-20-6-3-4-7-21(20)35-2)25(22-8-5-13-36-22)19(14-29)27(30-16)37-15-23(33)31-18-11-9-17(28)10-12-18/h3-13,25,30H,15H2,1-2H3,(H,31,33)(H,32,34)/t25-/m1/s1. The maximum atomic E-state index is 13.5. The molecular formula is C27H23FN4O4S. The molecule has 0 bridgehead atoms. The quantitative estimate of drug-likeness (QED) is 0.378. The lowest BCUT2D eigenvalue weighted by atomic mass is 9.85. The maximum Gasteiger partial charge on any atom is 0.254 e. The van der Waals surface area contributed by atoms with Gasteiger partial charge >= 0.3 is 0 Å². The second kappa shape index (κ2) is 11.5. The van der Waals surface area contributed by atoms with Gasteiger partial charge in [-0.1, -0.05) is 23.9 Å². The number of anilines is 2. The molecule has 1 aliphatic heterocycles. The minimum Gasteiger partial charge on any atom is -0.495 e. The molecule has 4 rings (SSSR count). The van der Waals surface area contributed by atoms with Gasteiger partial charge in [0, 0.05) is 11.4 Å². The third kappa shape index (κ3) is 5.85. The topological polar surface area (TPSA) is 116 Å². The molecule has 3 aromatic rings. The predicted molar refractivity (Wildman–Crippen MR) is 139 cm³/mol. The fourth-order valence-electron chi connectivity index (χ4n) is 3.87. The van der Waals surface area contributed by atoms with Crippen LogP contribution in [0.1, 0.15) is 18.6 Å². The summed E-state index contributed by atoms with van der Waals surface area (Å²) in [5.74, 6) is -1.08. The first-order valence-corrected chi connectivity index (χ1v) is 12.2. The van der Waals surface area contributed by atoms with E-state index in [1.54, 1.807) is 43.3 Å². The first-order valence-electron chi connectivity index (χ1n) is 11.2. The van der Waals surface area contributed by atoms with E-state index in [4.69, 9.17) is 9.15 Å². The number of hydrogen-bond acceptors (Lipinski definition) is 7. The van der Waals surface area contributed by atoms with Gasteiger partial charge in [-0.2, -0.15) is 5.26 Å². The normalized spacial score (nSPS) is 15.0. The lowest BCUT2D eigenvalue weighted by Crippen LogP contribution is -2.31. The van der Waals surface area contributed by atoms with Crippen LogP contribution in [0.15, 0.2) is 93.2 Å². The highest BCUT2D eigenvalue weighted by atomic mass is 32.2. The number of nitrogens with one attached hydrogen (secondary N) is 3. The molecule has 0 unspecified atom stereocenters. The van der Waals surface area contributed by atoms with Crippen LogP contribution in [0.25, 0.3) is 0 Å². The molecule has 2 amide bonds. The molecule has 8 nitrogen and oxygen atoms in total. The number of halogens is 1. The van der Waals surface area contributed by atoms with Crippen molar-refractivity contribution in [2.75, 3.05) is 23.5 Å². The average Bonchev–Trinajstić information content (AvgIpc) is 3.43. The van der Waals surface area contributed by atoms with Crippen molar-refractivity contribution in [3.63, 3.8) is 0 Å². The van der Waals surface area contributed by atoms with Gasteiger partial charge in [0.2, 0.25) is 5.91 Å². The molecule has 0 saturated carbocycles. The number of carbonyl (C=O) groups excluding carboxylic acids is 2. The van der Waals surface area contributed by atoms with E-state index >= 15 is 0 Å². The Bertz CT molecular complexity index is 1410. The van der Waals surface area contributed by atoms with Crippen LogP contribution in [0.5, 0.6) is 5.75 Å². The van der Waals surface area contributed by atoms with Crippen LogP contribution in [-0.4, -0.2) is 24.7 Å². The summed E-state index contributed by atoms with van der Waals surface area (Å²) in [6.45, 7) is 1.72. The Balaban J connectivity index is 1.59. The Labute approximate surface area is 217 Å². The van der Waals surface area contributed by atoms with Crippen LogP contribution in [-0.2, 0) is 9.59 Å². The number of nitriles is 1. The fraction of sp³-hybridized carbons (Fsp3) is 0.148. The van der Waals surface area contributed by atoms with Crippen LogP contribution in [0.2, 0.25) is 0 Å². The number of hydrogen-bond donors (Lipinski definition) is 3. The third-order valence-corrected chi connectivity index (χ3v) is 6.57. The van der Waals surface area contributed by atoms with Gasteiger partial charge in [0.25, 0.3) is 5.91 Å². The molecule has 37 heavy (non-hydrogen) atoms. The number of furan rings is 1. The Morgan fingerprint density at radius 2 is 1.89 bits per heavy atom. The molecule has 0 spiro atoms. The van der Waals surface area contributed by atoms with Crippen molar-refractivity contribution in [2.45, 2.75) is 12.8 Å². The van der Waals surface area contributed by atoms with E-state index in [2.05, 4.69) is 22.0 Å². The number of benzene rings is 2. The molecule has 0 fully saturated rings. The Kier molecular flexibility index (Phi) is 7.95. The Morgan fingerprint density at radius 1 is 1.14 bits per heavy atom. The zero-order chi connectivity index (χ0) is 26.4. The van der Waals surface area contributed by atoms with Gasteiger partial charge in [0.1, 0.15) is 17.3 Å². The fourth-order valence-corrected chi connectivity index (χ4v) is 4.76. The average molecular weight is 519 g/mol. The molecule has 2 heterocycles. The summed E-state index contributed by atoms with van der Waals surface area (Å²) in [6.07, 6.45) is 1.47. The maximum absolute atomic E-state index is 13.5. The molecule has 188 valence electrons. The van der Waals surface area contributed by atoms with E-state index in [1.807, 2.05) is 0 Å². The zero-order valence-electron chi connectivity index (χ0n) is 20.0. The first kappa shape index (κ1) is 25.6. The molecular weight excluding hydrogens is 495 g/mol. The lowest BCUT2D eigenvalue weighted by molar-refractivity contribution is -0.114. The number of rotatable bonds is 8. The summed E-state index contributed by atoms with van der Waals surface area (Å²) in [7, 11) is 1.51. The molecule has 1 aromatic heterocycles. The number of ether oxygens (including phenoxy) is 1. The smallest absolute Gasteiger partial charge is 0.254 e. The minimum absolute atomic E-state index is 0.0220. The largest absolute Gasteiger partial charge is 0.495 e.